The van der Waals surface area contributed by atoms with Crippen molar-refractivity contribution in [1.29, 1.82) is 0 Å². The molecule has 15 heavy (non-hydrogen) atoms. The number of hydrogen-bond acceptors (Lipinski definition) is 2. The second-order valence-electron chi connectivity index (χ2n) is 3.02. The standard InChI is InChI=1S/C10H11F3OS/c11-10(12,13)14-9-5-3-8(4-6-9)2-1-7-15/h3-6,15H,1-2,7H2. The monoisotopic (exact) mass is 236 g/mol. The van der Waals surface area contributed by atoms with Crippen molar-refractivity contribution in [2.45, 2.75) is 19.2 Å². The van der Waals surface area contributed by atoms with Crippen LogP contribution in [-0.2, 0) is 6.42 Å². The van der Waals surface area contributed by atoms with E-state index in [4.69, 9.17) is 0 Å². The van der Waals surface area contributed by atoms with Gasteiger partial charge in [0.1, 0.15) is 5.75 Å². The molecule has 0 spiro atoms. The molecule has 0 aliphatic carbocycles. The lowest BCUT2D eigenvalue weighted by molar-refractivity contribution is -0.274. The van der Waals surface area contributed by atoms with E-state index in [1.165, 1.54) is 12.1 Å². The predicted octanol–water partition coefficient (Wildman–Crippen LogP) is 3.45. The molecule has 0 N–H and O–H groups in total. The summed E-state index contributed by atoms with van der Waals surface area (Å²) < 4.78 is 39.2. The predicted molar refractivity (Wildman–Crippen MR) is 55.3 cm³/mol. The van der Waals surface area contributed by atoms with E-state index in [1.807, 2.05) is 0 Å². The van der Waals surface area contributed by atoms with Crippen LogP contribution >= 0.6 is 12.6 Å². The highest BCUT2D eigenvalue weighted by atomic mass is 32.1. The van der Waals surface area contributed by atoms with Gasteiger partial charge in [-0.3, -0.25) is 0 Å². The van der Waals surface area contributed by atoms with Crippen LogP contribution in [0.1, 0.15) is 12.0 Å². The molecule has 5 heteroatoms. The van der Waals surface area contributed by atoms with Gasteiger partial charge in [0.15, 0.2) is 0 Å². The topological polar surface area (TPSA) is 9.23 Å². The van der Waals surface area contributed by atoms with Crippen LogP contribution in [0.2, 0.25) is 0 Å². The Hall–Kier alpha value is -0.840. The molecule has 1 nitrogen and oxygen atoms in total. The van der Waals surface area contributed by atoms with Crippen LogP contribution in [0.5, 0.6) is 5.75 Å². The van der Waals surface area contributed by atoms with Crippen molar-refractivity contribution >= 4 is 12.6 Å². The van der Waals surface area contributed by atoms with Gasteiger partial charge in [-0.15, -0.1) is 13.2 Å². The quantitative estimate of drug-likeness (QED) is 0.788. The van der Waals surface area contributed by atoms with Crippen molar-refractivity contribution in [2.75, 3.05) is 5.75 Å². The normalized spacial score (nSPS) is 11.5. The number of rotatable bonds is 4. The molecule has 0 aliphatic heterocycles. The summed E-state index contributed by atoms with van der Waals surface area (Å²) in [5.41, 5.74) is 0.985. The Morgan fingerprint density at radius 1 is 1.13 bits per heavy atom. The molecule has 84 valence electrons. The van der Waals surface area contributed by atoms with E-state index in [9.17, 15) is 13.2 Å². The van der Waals surface area contributed by atoms with E-state index in [1.54, 1.807) is 12.1 Å². The summed E-state index contributed by atoms with van der Waals surface area (Å²) in [6.45, 7) is 0. The molecule has 0 fully saturated rings. The van der Waals surface area contributed by atoms with Gasteiger partial charge in [-0.2, -0.15) is 12.6 Å². The highest BCUT2D eigenvalue weighted by Crippen LogP contribution is 2.22. The minimum absolute atomic E-state index is 0.183. The van der Waals surface area contributed by atoms with Crippen molar-refractivity contribution in [3.05, 3.63) is 29.8 Å². The summed E-state index contributed by atoms with van der Waals surface area (Å²) in [5, 5.41) is 0. The van der Waals surface area contributed by atoms with Gasteiger partial charge in [0.2, 0.25) is 0 Å². The first-order valence-electron chi connectivity index (χ1n) is 4.47. The Morgan fingerprint density at radius 2 is 1.73 bits per heavy atom. The van der Waals surface area contributed by atoms with Crippen LogP contribution in [0, 0.1) is 0 Å². The number of halogens is 3. The van der Waals surface area contributed by atoms with Crippen molar-refractivity contribution in [2.24, 2.45) is 0 Å². The molecule has 1 aromatic carbocycles. The zero-order valence-electron chi connectivity index (χ0n) is 7.92. The highest BCUT2D eigenvalue weighted by Gasteiger charge is 2.30. The number of thiol groups is 1. The Morgan fingerprint density at radius 3 is 2.20 bits per heavy atom. The fourth-order valence-electron chi connectivity index (χ4n) is 1.14. The lowest BCUT2D eigenvalue weighted by atomic mass is 10.1. The zero-order chi connectivity index (χ0) is 11.3. The van der Waals surface area contributed by atoms with Crippen LogP contribution in [0.25, 0.3) is 0 Å². The van der Waals surface area contributed by atoms with Crippen molar-refractivity contribution in [1.82, 2.24) is 0 Å². The van der Waals surface area contributed by atoms with Crippen molar-refractivity contribution in [3.63, 3.8) is 0 Å². The molecule has 1 rings (SSSR count). The van der Waals surface area contributed by atoms with Gasteiger partial charge in [0.25, 0.3) is 0 Å². The van der Waals surface area contributed by atoms with Gasteiger partial charge in [-0.1, -0.05) is 12.1 Å². The first-order chi connectivity index (χ1) is 7.01. The van der Waals surface area contributed by atoms with Crippen LogP contribution in [0.3, 0.4) is 0 Å². The molecule has 0 atom stereocenters. The second-order valence-corrected chi connectivity index (χ2v) is 3.47. The Labute approximate surface area is 91.7 Å². The number of hydrogen-bond donors (Lipinski definition) is 1. The average Bonchev–Trinajstić information content (AvgIpc) is 2.14. The highest BCUT2D eigenvalue weighted by molar-refractivity contribution is 7.80. The molecule has 0 saturated heterocycles. The van der Waals surface area contributed by atoms with E-state index in [2.05, 4.69) is 17.4 Å². The maximum Gasteiger partial charge on any atom is 0.573 e. The van der Waals surface area contributed by atoms with E-state index in [0.717, 1.165) is 24.2 Å². The average molecular weight is 236 g/mol. The molecule has 0 aliphatic rings. The number of alkyl halides is 3. The van der Waals surface area contributed by atoms with Crippen LogP contribution in [0.15, 0.2) is 24.3 Å². The molecular weight excluding hydrogens is 225 g/mol. The maximum absolute atomic E-state index is 11.8. The summed E-state index contributed by atoms with van der Waals surface area (Å²) in [7, 11) is 0. The summed E-state index contributed by atoms with van der Waals surface area (Å²) in [6.07, 6.45) is -2.90. The minimum atomic E-state index is -4.62. The molecule has 0 unspecified atom stereocenters. The number of ether oxygens (including phenoxy) is 1. The summed E-state index contributed by atoms with van der Waals surface area (Å²) in [6, 6.07) is 5.90. The fourth-order valence-corrected chi connectivity index (χ4v) is 1.30. The van der Waals surface area contributed by atoms with Crippen molar-refractivity contribution in [3.8, 4) is 5.75 Å². The van der Waals surface area contributed by atoms with E-state index in [0.29, 0.717) is 0 Å². The summed E-state index contributed by atoms with van der Waals surface area (Å²) in [4.78, 5) is 0. The molecule has 0 amide bonds. The first kappa shape index (κ1) is 12.2. The Bertz CT molecular complexity index is 295. The van der Waals surface area contributed by atoms with E-state index >= 15 is 0 Å². The molecule has 0 heterocycles. The number of aryl methyl sites for hydroxylation is 1. The molecule has 0 bridgehead atoms. The van der Waals surface area contributed by atoms with Crippen LogP contribution in [-0.4, -0.2) is 12.1 Å². The fraction of sp³-hybridized carbons (Fsp3) is 0.400. The SMILES string of the molecule is FC(F)(F)Oc1ccc(CCCS)cc1. The molecule has 1 aromatic rings. The van der Waals surface area contributed by atoms with Gasteiger partial charge in [-0.05, 0) is 36.3 Å². The molecule has 0 saturated carbocycles. The third-order valence-electron chi connectivity index (χ3n) is 1.78. The largest absolute Gasteiger partial charge is 0.573 e. The van der Waals surface area contributed by atoms with Gasteiger partial charge in [-0.25, -0.2) is 0 Å². The summed E-state index contributed by atoms with van der Waals surface area (Å²) in [5.74, 6) is 0.581. The lowest BCUT2D eigenvalue weighted by Crippen LogP contribution is -2.17. The molecular formula is C10H11F3OS. The van der Waals surface area contributed by atoms with Crippen molar-refractivity contribution < 1.29 is 17.9 Å². The third-order valence-corrected chi connectivity index (χ3v) is 2.10. The maximum atomic E-state index is 11.8. The van der Waals surface area contributed by atoms with E-state index in [-0.39, 0.29) is 5.75 Å². The van der Waals surface area contributed by atoms with E-state index < -0.39 is 6.36 Å². The minimum Gasteiger partial charge on any atom is -0.406 e. The molecule has 0 radical (unpaired) electrons. The van der Waals surface area contributed by atoms with Crippen LogP contribution in [0.4, 0.5) is 13.2 Å². The van der Waals surface area contributed by atoms with Gasteiger partial charge < -0.3 is 4.74 Å². The molecule has 0 aromatic heterocycles. The zero-order valence-corrected chi connectivity index (χ0v) is 8.81. The third kappa shape index (κ3) is 4.97. The second kappa shape index (κ2) is 5.30. The van der Waals surface area contributed by atoms with Gasteiger partial charge in [0.05, 0.1) is 0 Å². The van der Waals surface area contributed by atoms with Gasteiger partial charge >= 0.3 is 6.36 Å². The summed E-state index contributed by atoms with van der Waals surface area (Å²) >= 11 is 4.05. The smallest absolute Gasteiger partial charge is 0.406 e. The Balaban J connectivity index is 2.56. The van der Waals surface area contributed by atoms with Crippen LogP contribution < -0.4 is 4.74 Å². The lowest BCUT2D eigenvalue weighted by Gasteiger charge is -2.08. The number of benzene rings is 1. The van der Waals surface area contributed by atoms with Gasteiger partial charge in [0, 0.05) is 0 Å². The Kier molecular flexibility index (Phi) is 4.32. The first-order valence-corrected chi connectivity index (χ1v) is 5.10.